The largest absolute Gasteiger partial charge is 0.508 e. The van der Waals surface area contributed by atoms with Crippen molar-refractivity contribution in [1.82, 2.24) is 5.32 Å². The van der Waals surface area contributed by atoms with Crippen LogP contribution in [0.3, 0.4) is 0 Å². The lowest BCUT2D eigenvalue weighted by Gasteiger charge is -2.19. The normalized spacial score (nSPS) is 13.1. The number of aromatic hydroxyl groups is 1. The van der Waals surface area contributed by atoms with Gasteiger partial charge in [-0.1, -0.05) is 32.0 Å². The molecule has 0 aromatic heterocycles. The number of hydrogen-bond donors (Lipinski definition) is 2. The second-order valence-electron chi connectivity index (χ2n) is 4.03. The maximum atomic E-state index is 9.68. The fourth-order valence-corrected chi connectivity index (χ4v) is 1.65. The molecule has 2 N–H and O–H groups in total. The number of rotatable bonds is 4. The highest BCUT2D eigenvalue weighted by molar-refractivity contribution is 5.34. The van der Waals surface area contributed by atoms with Crippen molar-refractivity contribution in [1.29, 1.82) is 0 Å². The molecule has 0 aliphatic rings. The zero-order chi connectivity index (χ0) is 10.6. The van der Waals surface area contributed by atoms with E-state index in [9.17, 15) is 5.11 Å². The van der Waals surface area contributed by atoms with Gasteiger partial charge in [-0.15, -0.1) is 0 Å². The Morgan fingerprint density at radius 2 is 1.93 bits per heavy atom. The molecule has 0 radical (unpaired) electrons. The Kier molecular flexibility index (Phi) is 3.96. The van der Waals surface area contributed by atoms with E-state index >= 15 is 0 Å². The fraction of sp³-hybridized carbons (Fsp3) is 0.500. The Hall–Kier alpha value is -1.02. The molecule has 2 nitrogen and oxygen atoms in total. The molecule has 0 amide bonds. The Balaban J connectivity index is 2.83. The minimum absolute atomic E-state index is 0.246. The summed E-state index contributed by atoms with van der Waals surface area (Å²) in [6.07, 6.45) is 1.04. The molecule has 0 bridgehead atoms. The van der Waals surface area contributed by atoms with Crippen LogP contribution in [0.1, 0.15) is 31.9 Å². The van der Waals surface area contributed by atoms with Gasteiger partial charge in [-0.3, -0.25) is 0 Å². The molecule has 1 rings (SSSR count). The van der Waals surface area contributed by atoms with Crippen LogP contribution in [0.5, 0.6) is 5.75 Å². The Labute approximate surface area is 86.0 Å². The van der Waals surface area contributed by atoms with Crippen LogP contribution in [0.4, 0.5) is 0 Å². The van der Waals surface area contributed by atoms with Crippen LogP contribution in [0.15, 0.2) is 24.3 Å². The minimum Gasteiger partial charge on any atom is -0.508 e. The van der Waals surface area contributed by atoms with Crippen LogP contribution in [-0.2, 0) is 0 Å². The monoisotopic (exact) mass is 193 g/mol. The topological polar surface area (TPSA) is 32.3 Å². The quantitative estimate of drug-likeness (QED) is 0.770. The van der Waals surface area contributed by atoms with Crippen LogP contribution in [0.25, 0.3) is 0 Å². The third-order valence-corrected chi connectivity index (χ3v) is 2.37. The molecule has 1 aromatic rings. The summed E-state index contributed by atoms with van der Waals surface area (Å²) in [5.74, 6) is 1.000. The van der Waals surface area contributed by atoms with Crippen molar-refractivity contribution in [2.24, 2.45) is 5.92 Å². The third-order valence-electron chi connectivity index (χ3n) is 2.37. The van der Waals surface area contributed by atoms with Crippen molar-refractivity contribution in [3.8, 4) is 5.75 Å². The molecule has 0 heterocycles. The fourth-order valence-electron chi connectivity index (χ4n) is 1.65. The molecular weight excluding hydrogens is 174 g/mol. The molecule has 0 saturated carbocycles. The van der Waals surface area contributed by atoms with E-state index in [1.165, 1.54) is 0 Å². The lowest BCUT2D eigenvalue weighted by molar-refractivity contribution is 0.420. The highest BCUT2D eigenvalue weighted by Gasteiger charge is 2.13. The van der Waals surface area contributed by atoms with Crippen LogP contribution < -0.4 is 5.32 Å². The minimum atomic E-state index is 0.246. The van der Waals surface area contributed by atoms with Crippen molar-refractivity contribution in [3.63, 3.8) is 0 Å². The van der Waals surface area contributed by atoms with E-state index in [0.29, 0.717) is 11.7 Å². The van der Waals surface area contributed by atoms with E-state index in [0.717, 1.165) is 12.0 Å². The van der Waals surface area contributed by atoms with E-state index in [4.69, 9.17) is 0 Å². The summed E-state index contributed by atoms with van der Waals surface area (Å²) >= 11 is 0. The first-order chi connectivity index (χ1) is 6.65. The van der Waals surface area contributed by atoms with E-state index in [2.05, 4.69) is 19.2 Å². The van der Waals surface area contributed by atoms with Crippen LogP contribution in [0.2, 0.25) is 0 Å². The number of hydrogen-bond acceptors (Lipinski definition) is 2. The van der Waals surface area contributed by atoms with Gasteiger partial charge in [0.15, 0.2) is 0 Å². The van der Waals surface area contributed by atoms with Gasteiger partial charge < -0.3 is 10.4 Å². The first-order valence-corrected chi connectivity index (χ1v) is 5.10. The number of phenolic OH excluding ortho intramolecular Hbond substituents is 1. The molecule has 0 aliphatic heterocycles. The lowest BCUT2D eigenvalue weighted by atomic mass is 9.96. The van der Waals surface area contributed by atoms with Crippen molar-refractivity contribution in [2.45, 2.75) is 26.3 Å². The van der Waals surface area contributed by atoms with Gasteiger partial charge in [0.2, 0.25) is 0 Å². The highest BCUT2D eigenvalue weighted by Crippen LogP contribution is 2.27. The van der Waals surface area contributed by atoms with Crippen LogP contribution in [0, 0.1) is 5.92 Å². The maximum Gasteiger partial charge on any atom is 0.120 e. The van der Waals surface area contributed by atoms with Gasteiger partial charge in [-0.05, 0) is 25.5 Å². The van der Waals surface area contributed by atoms with Gasteiger partial charge in [-0.25, -0.2) is 0 Å². The SMILES string of the molecule is CNC(CC(C)C)c1ccccc1O. The third kappa shape index (κ3) is 2.74. The molecule has 0 saturated heterocycles. The number of phenols is 1. The summed E-state index contributed by atoms with van der Waals surface area (Å²) in [5, 5.41) is 12.9. The smallest absolute Gasteiger partial charge is 0.120 e. The zero-order valence-electron chi connectivity index (χ0n) is 9.12. The number of benzene rings is 1. The Bertz CT molecular complexity index is 283. The Morgan fingerprint density at radius 3 is 2.43 bits per heavy atom. The van der Waals surface area contributed by atoms with Crippen molar-refractivity contribution >= 4 is 0 Å². The number of para-hydroxylation sites is 1. The molecule has 2 heteroatoms. The number of nitrogens with one attached hydrogen (secondary N) is 1. The molecule has 0 fully saturated rings. The predicted molar refractivity (Wildman–Crippen MR) is 59.4 cm³/mol. The van der Waals surface area contributed by atoms with E-state index < -0.39 is 0 Å². The van der Waals surface area contributed by atoms with Gasteiger partial charge in [0.25, 0.3) is 0 Å². The summed E-state index contributed by atoms with van der Waals surface area (Å²) in [6.45, 7) is 4.37. The van der Waals surface area contributed by atoms with E-state index in [-0.39, 0.29) is 6.04 Å². The van der Waals surface area contributed by atoms with Crippen molar-refractivity contribution in [2.75, 3.05) is 7.05 Å². The van der Waals surface area contributed by atoms with Crippen molar-refractivity contribution in [3.05, 3.63) is 29.8 Å². The predicted octanol–water partition coefficient (Wildman–Crippen LogP) is 2.70. The average molecular weight is 193 g/mol. The molecule has 0 spiro atoms. The van der Waals surface area contributed by atoms with Crippen LogP contribution in [-0.4, -0.2) is 12.2 Å². The standard InChI is InChI=1S/C12H19NO/c1-9(2)8-11(13-3)10-6-4-5-7-12(10)14/h4-7,9,11,13-14H,8H2,1-3H3. The summed E-state index contributed by atoms with van der Waals surface area (Å²) in [6, 6.07) is 7.76. The molecular formula is C12H19NO. The summed E-state index contributed by atoms with van der Waals surface area (Å²) in [4.78, 5) is 0. The summed E-state index contributed by atoms with van der Waals surface area (Å²) < 4.78 is 0. The first kappa shape index (κ1) is 11.1. The lowest BCUT2D eigenvalue weighted by Crippen LogP contribution is -2.18. The summed E-state index contributed by atoms with van der Waals surface area (Å²) in [7, 11) is 1.93. The molecule has 0 aliphatic carbocycles. The van der Waals surface area contributed by atoms with Gasteiger partial charge in [0, 0.05) is 11.6 Å². The molecule has 1 unspecified atom stereocenters. The second kappa shape index (κ2) is 5.01. The average Bonchev–Trinajstić information content (AvgIpc) is 2.15. The van der Waals surface area contributed by atoms with Gasteiger partial charge in [-0.2, -0.15) is 0 Å². The van der Waals surface area contributed by atoms with Gasteiger partial charge in [0.05, 0.1) is 0 Å². The van der Waals surface area contributed by atoms with E-state index in [1.54, 1.807) is 6.07 Å². The highest BCUT2D eigenvalue weighted by atomic mass is 16.3. The summed E-state index contributed by atoms with van der Waals surface area (Å²) in [5.41, 5.74) is 0.990. The van der Waals surface area contributed by atoms with E-state index in [1.807, 2.05) is 25.2 Å². The van der Waals surface area contributed by atoms with Gasteiger partial charge in [0.1, 0.15) is 5.75 Å². The molecule has 14 heavy (non-hydrogen) atoms. The maximum absolute atomic E-state index is 9.68. The van der Waals surface area contributed by atoms with Crippen molar-refractivity contribution < 1.29 is 5.11 Å². The Morgan fingerprint density at radius 1 is 1.29 bits per heavy atom. The first-order valence-electron chi connectivity index (χ1n) is 5.10. The molecule has 78 valence electrons. The van der Waals surface area contributed by atoms with Crippen LogP contribution >= 0.6 is 0 Å². The molecule has 1 aromatic carbocycles. The second-order valence-corrected chi connectivity index (χ2v) is 4.03. The molecule has 1 atom stereocenters. The van der Waals surface area contributed by atoms with Gasteiger partial charge >= 0.3 is 0 Å². The zero-order valence-corrected chi connectivity index (χ0v) is 9.12.